The van der Waals surface area contributed by atoms with Crippen molar-refractivity contribution in [3.8, 4) is 0 Å². The molecule has 1 atom stereocenters. The first kappa shape index (κ1) is 13.1. The minimum absolute atomic E-state index is 0. The van der Waals surface area contributed by atoms with Gasteiger partial charge in [-0.05, 0) is 12.5 Å². The van der Waals surface area contributed by atoms with Crippen molar-refractivity contribution in [1.29, 1.82) is 0 Å². The first-order valence-corrected chi connectivity index (χ1v) is 4.67. The van der Waals surface area contributed by atoms with Crippen LogP contribution >= 0.6 is 12.4 Å². The van der Waals surface area contributed by atoms with Crippen LogP contribution in [0.2, 0.25) is 0 Å². The van der Waals surface area contributed by atoms with Gasteiger partial charge in [0, 0.05) is 18.9 Å². The van der Waals surface area contributed by atoms with Gasteiger partial charge in [-0.3, -0.25) is 0 Å². The normalized spacial score (nSPS) is 23.7. The molecule has 0 radical (unpaired) electrons. The molecule has 1 saturated heterocycles. The van der Waals surface area contributed by atoms with Crippen molar-refractivity contribution >= 4 is 18.4 Å². The van der Waals surface area contributed by atoms with Crippen LogP contribution < -0.4 is 4.90 Å². The van der Waals surface area contributed by atoms with Crippen molar-refractivity contribution in [3.63, 3.8) is 0 Å². The van der Waals surface area contributed by atoms with Gasteiger partial charge in [0.15, 0.2) is 0 Å². The number of aromatic nitrogens is 2. The van der Waals surface area contributed by atoms with Gasteiger partial charge in [-0.1, -0.05) is 0 Å². The molecule has 2 rings (SSSR count). The number of aliphatic hydroxyl groups excluding tert-OH is 1. The van der Waals surface area contributed by atoms with Crippen molar-refractivity contribution < 1.29 is 13.9 Å². The maximum absolute atomic E-state index is 13.2. The number of piperidine rings is 1. The lowest BCUT2D eigenvalue weighted by atomic mass is 10.0. The number of aliphatic hydroxyl groups is 1. The summed E-state index contributed by atoms with van der Waals surface area (Å²) in [6, 6.07) is 1.63. The van der Waals surface area contributed by atoms with Gasteiger partial charge >= 0.3 is 0 Å². The van der Waals surface area contributed by atoms with Gasteiger partial charge in [-0.2, -0.15) is 0 Å². The van der Waals surface area contributed by atoms with Crippen LogP contribution in [-0.4, -0.2) is 40.2 Å². The average Bonchev–Trinajstić information content (AvgIpc) is 2.23. The van der Waals surface area contributed by atoms with Crippen molar-refractivity contribution in [1.82, 2.24) is 9.97 Å². The van der Waals surface area contributed by atoms with Crippen molar-refractivity contribution in [2.24, 2.45) is 0 Å². The Kier molecular flexibility index (Phi) is 3.98. The fraction of sp³-hybridized carbons (Fsp3) is 0.556. The van der Waals surface area contributed by atoms with E-state index in [1.807, 2.05) is 0 Å². The molecule has 1 aromatic rings. The summed E-state index contributed by atoms with van der Waals surface area (Å²) in [5, 5.41) is 9.08. The second-order valence-corrected chi connectivity index (χ2v) is 3.54. The number of rotatable bonds is 1. The number of nitrogens with zero attached hydrogens (tertiary/aromatic N) is 3. The molecular weight excluding hydrogens is 240 g/mol. The van der Waals surface area contributed by atoms with E-state index in [-0.39, 0.29) is 24.8 Å². The zero-order chi connectivity index (χ0) is 10.9. The summed E-state index contributed by atoms with van der Waals surface area (Å²) in [5.74, 6) is -2.80. The maximum atomic E-state index is 13.2. The number of alkyl halides is 2. The third-order valence-electron chi connectivity index (χ3n) is 2.40. The molecule has 0 spiro atoms. The van der Waals surface area contributed by atoms with E-state index < -0.39 is 18.6 Å². The third-order valence-corrected chi connectivity index (χ3v) is 2.40. The lowest BCUT2D eigenvalue weighted by molar-refractivity contribution is -0.113. The Morgan fingerprint density at radius 2 is 2.00 bits per heavy atom. The molecule has 0 saturated carbocycles. The van der Waals surface area contributed by atoms with E-state index in [4.69, 9.17) is 5.11 Å². The Morgan fingerprint density at radius 1 is 1.38 bits per heavy atom. The lowest BCUT2D eigenvalue weighted by Crippen LogP contribution is -2.52. The van der Waals surface area contributed by atoms with Gasteiger partial charge in [0.2, 0.25) is 5.95 Å². The summed E-state index contributed by atoms with van der Waals surface area (Å²) in [5.41, 5.74) is 0. The highest BCUT2D eigenvalue weighted by molar-refractivity contribution is 5.85. The van der Waals surface area contributed by atoms with Crippen molar-refractivity contribution in [2.75, 3.05) is 18.0 Å². The van der Waals surface area contributed by atoms with Gasteiger partial charge in [0.1, 0.15) is 6.10 Å². The molecule has 0 aliphatic carbocycles. The van der Waals surface area contributed by atoms with Crippen molar-refractivity contribution in [2.45, 2.75) is 18.4 Å². The van der Waals surface area contributed by atoms with Crippen LogP contribution in [0.15, 0.2) is 18.5 Å². The van der Waals surface area contributed by atoms with Crippen molar-refractivity contribution in [3.05, 3.63) is 18.5 Å². The number of hydrogen-bond acceptors (Lipinski definition) is 4. The molecule has 1 unspecified atom stereocenters. The molecule has 7 heteroatoms. The molecule has 1 aromatic heterocycles. The van der Waals surface area contributed by atoms with E-state index >= 15 is 0 Å². The molecule has 0 bridgehead atoms. The number of hydrogen-bond donors (Lipinski definition) is 1. The Bertz CT molecular complexity index is 339. The van der Waals surface area contributed by atoms with E-state index in [0.29, 0.717) is 6.54 Å². The van der Waals surface area contributed by atoms with E-state index in [1.54, 1.807) is 6.07 Å². The topological polar surface area (TPSA) is 49.2 Å². The van der Waals surface area contributed by atoms with Gasteiger partial charge in [-0.15, -0.1) is 12.4 Å². The average molecular weight is 252 g/mol. The molecule has 0 amide bonds. The second kappa shape index (κ2) is 4.88. The zero-order valence-electron chi connectivity index (χ0n) is 8.38. The predicted octanol–water partition coefficient (Wildman–Crippen LogP) is 1.10. The Labute approximate surface area is 97.7 Å². The van der Waals surface area contributed by atoms with Gasteiger partial charge in [0.25, 0.3) is 5.92 Å². The van der Waals surface area contributed by atoms with Crippen LogP contribution in [0.4, 0.5) is 14.7 Å². The van der Waals surface area contributed by atoms with Crippen LogP contribution in [0.1, 0.15) is 6.42 Å². The SMILES string of the molecule is Cl.OC1CCN(c2ncccn2)CC1(F)F. The molecule has 0 aromatic carbocycles. The maximum Gasteiger partial charge on any atom is 0.290 e. The van der Waals surface area contributed by atoms with Crippen LogP contribution in [0.3, 0.4) is 0 Å². The highest BCUT2D eigenvalue weighted by Gasteiger charge is 2.44. The molecule has 16 heavy (non-hydrogen) atoms. The minimum Gasteiger partial charge on any atom is -0.387 e. The largest absolute Gasteiger partial charge is 0.387 e. The van der Waals surface area contributed by atoms with Crippen LogP contribution in [-0.2, 0) is 0 Å². The smallest absolute Gasteiger partial charge is 0.290 e. The van der Waals surface area contributed by atoms with Gasteiger partial charge in [-0.25, -0.2) is 18.7 Å². The zero-order valence-corrected chi connectivity index (χ0v) is 9.20. The molecule has 90 valence electrons. The predicted molar refractivity (Wildman–Crippen MR) is 57.1 cm³/mol. The highest BCUT2D eigenvalue weighted by atomic mass is 35.5. The Morgan fingerprint density at radius 3 is 2.56 bits per heavy atom. The van der Waals surface area contributed by atoms with E-state index in [9.17, 15) is 8.78 Å². The quantitative estimate of drug-likeness (QED) is 0.812. The van der Waals surface area contributed by atoms with Gasteiger partial charge < -0.3 is 10.0 Å². The van der Waals surface area contributed by atoms with Crippen LogP contribution in [0.5, 0.6) is 0 Å². The van der Waals surface area contributed by atoms with E-state index in [2.05, 4.69) is 9.97 Å². The summed E-state index contributed by atoms with van der Waals surface area (Å²) < 4.78 is 26.4. The summed E-state index contributed by atoms with van der Waals surface area (Å²) in [6.07, 6.45) is 1.49. The first-order valence-electron chi connectivity index (χ1n) is 4.67. The molecule has 2 heterocycles. The minimum atomic E-state index is -3.09. The first-order chi connectivity index (χ1) is 7.09. The number of anilines is 1. The van der Waals surface area contributed by atoms with Crippen LogP contribution in [0, 0.1) is 0 Å². The summed E-state index contributed by atoms with van der Waals surface area (Å²) in [6.45, 7) is -0.182. The molecule has 1 N–H and O–H groups in total. The molecular formula is C9H12ClF2N3O. The van der Waals surface area contributed by atoms with Gasteiger partial charge in [0.05, 0.1) is 6.54 Å². The van der Waals surface area contributed by atoms with Crippen LogP contribution in [0.25, 0.3) is 0 Å². The van der Waals surface area contributed by atoms with E-state index in [1.165, 1.54) is 17.3 Å². The fourth-order valence-corrected chi connectivity index (χ4v) is 1.55. The highest BCUT2D eigenvalue weighted by Crippen LogP contribution is 2.28. The summed E-state index contributed by atoms with van der Waals surface area (Å²) >= 11 is 0. The Balaban J connectivity index is 0.00000128. The summed E-state index contributed by atoms with van der Waals surface area (Å²) in [4.78, 5) is 9.17. The third kappa shape index (κ3) is 2.56. The Hall–Kier alpha value is -1.01. The second-order valence-electron chi connectivity index (χ2n) is 3.54. The molecule has 4 nitrogen and oxygen atoms in total. The standard InChI is InChI=1S/C9H11F2N3O.ClH/c10-9(11)6-14(5-2-7(9)15)8-12-3-1-4-13-8;/h1,3-4,7,15H,2,5-6H2;1H. The molecule has 1 aliphatic heterocycles. The lowest BCUT2D eigenvalue weighted by Gasteiger charge is -2.35. The number of halogens is 3. The fourth-order valence-electron chi connectivity index (χ4n) is 1.55. The monoisotopic (exact) mass is 251 g/mol. The van der Waals surface area contributed by atoms with E-state index in [0.717, 1.165) is 0 Å². The molecule has 1 aliphatic rings. The summed E-state index contributed by atoms with van der Waals surface area (Å²) in [7, 11) is 0. The molecule has 1 fully saturated rings.